The lowest BCUT2D eigenvalue weighted by atomic mass is 10.1. The van der Waals surface area contributed by atoms with Gasteiger partial charge in [0, 0.05) is 11.8 Å². The van der Waals surface area contributed by atoms with Gasteiger partial charge in [0.15, 0.2) is 5.65 Å². The van der Waals surface area contributed by atoms with Crippen molar-refractivity contribution in [3.63, 3.8) is 0 Å². The molecule has 0 aliphatic heterocycles. The van der Waals surface area contributed by atoms with Crippen LogP contribution < -0.4 is 16.7 Å². The molecule has 5 aromatic rings. The summed E-state index contributed by atoms with van der Waals surface area (Å²) in [6.45, 7) is 0. The number of rotatable bonds is 2. The van der Waals surface area contributed by atoms with Gasteiger partial charge in [-0.1, -0.05) is 54.6 Å². The highest BCUT2D eigenvalue weighted by molar-refractivity contribution is 5.81. The Balaban J connectivity index is 2.06. The number of hydrogen-bond acceptors (Lipinski definition) is 5. The SMILES string of the molecule is O=c1c2ccccc2[nH]c(=O)n2c(=O)c3ccccc3[nH]c(Cc3ccccc3)c(O)nc12. The number of nitrogens with zero attached hydrogens (tertiary/aromatic N) is 2. The van der Waals surface area contributed by atoms with E-state index in [0.29, 0.717) is 9.92 Å². The second kappa shape index (κ2) is 8.08. The topological polar surface area (TPSA) is 120 Å². The first-order valence-electron chi connectivity index (χ1n) is 10.2. The Bertz CT molecular complexity index is 1770. The molecule has 0 fully saturated rings. The molecule has 0 unspecified atom stereocenters. The number of aromatic nitrogens is 4. The molecule has 3 N–H and O–H groups in total. The van der Waals surface area contributed by atoms with E-state index in [-0.39, 0.29) is 28.4 Å². The van der Waals surface area contributed by atoms with Crippen LogP contribution in [0.1, 0.15) is 11.3 Å². The van der Waals surface area contributed by atoms with E-state index in [0.717, 1.165) is 5.56 Å². The average molecular weight is 438 g/mol. The number of H-pyrrole nitrogens is 2. The molecule has 3 aromatic carbocycles. The maximum atomic E-state index is 13.5. The second-order valence-corrected chi connectivity index (χ2v) is 7.52. The number of para-hydroxylation sites is 2. The summed E-state index contributed by atoms with van der Waals surface area (Å²) in [7, 11) is 0. The van der Waals surface area contributed by atoms with Gasteiger partial charge in [0.05, 0.1) is 22.1 Å². The molecule has 0 saturated carbocycles. The first-order valence-corrected chi connectivity index (χ1v) is 10.2. The minimum Gasteiger partial charge on any atom is -0.492 e. The van der Waals surface area contributed by atoms with Gasteiger partial charge in [-0.15, -0.1) is 0 Å². The molecule has 0 atom stereocenters. The van der Waals surface area contributed by atoms with Crippen LogP contribution in [0.2, 0.25) is 0 Å². The first-order chi connectivity index (χ1) is 16.0. The second-order valence-electron chi connectivity index (χ2n) is 7.52. The number of nitrogens with one attached hydrogen (secondary N) is 2. The van der Waals surface area contributed by atoms with Gasteiger partial charge in [-0.25, -0.2) is 9.20 Å². The molecule has 0 spiro atoms. The van der Waals surface area contributed by atoms with Gasteiger partial charge in [0.25, 0.3) is 5.56 Å². The van der Waals surface area contributed by atoms with Crippen molar-refractivity contribution in [3.8, 4) is 5.88 Å². The average Bonchev–Trinajstić information content (AvgIpc) is 2.90. The van der Waals surface area contributed by atoms with E-state index in [2.05, 4.69) is 15.0 Å². The number of aromatic amines is 2. The highest BCUT2D eigenvalue weighted by Gasteiger charge is 2.12. The predicted molar refractivity (Wildman–Crippen MR) is 126 cm³/mol. The van der Waals surface area contributed by atoms with Gasteiger partial charge in [0.1, 0.15) is 0 Å². The lowest BCUT2D eigenvalue weighted by molar-refractivity contribution is 0.446. The monoisotopic (exact) mass is 438 g/mol. The van der Waals surface area contributed by atoms with E-state index in [4.69, 9.17) is 0 Å². The molecule has 0 aliphatic rings. The molecule has 162 valence electrons. The zero-order valence-electron chi connectivity index (χ0n) is 17.3. The molecule has 8 heteroatoms. The van der Waals surface area contributed by atoms with Crippen LogP contribution in [0.3, 0.4) is 0 Å². The van der Waals surface area contributed by atoms with Crippen LogP contribution in [0.25, 0.3) is 27.5 Å². The minimum atomic E-state index is -0.842. The predicted octanol–water partition coefficient (Wildman–Crippen LogP) is 2.80. The molecule has 0 amide bonds. The van der Waals surface area contributed by atoms with Gasteiger partial charge in [0.2, 0.25) is 11.3 Å². The van der Waals surface area contributed by atoms with Crippen LogP contribution in [0.4, 0.5) is 0 Å². The van der Waals surface area contributed by atoms with Crippen molar-refractivity contribution in [1.29, 1.82) is 0 Å². The summed E-state index contributed by atoms with van der Waals surface area (Å²) in [5.74, 6) is -0.496. The van der Waals surface area contributed by atoms with Gasteiger partial charge >= 0.3 is 5.69 Å². The van der Waals surface area contributed by atoms with Crippen LogP contribution in [-0.4, -0.2) is 24.5 Å². The maximum absolute atomic E-state index is 13.5. The highest BCUT2D eigenvalue weighted by Crippen LogP contribution is 2.16. The number of aromatic hydroxyl groups is 1. The Kier molecular flexibility index (Phi) is 4.95. The summed E-state index contributed by atoms with van der Waals surface area (Å²) in [5.41, 5.74) is -0.949. The Morgan fingerprint density at radius 1 is 0.758 bits per heavy atom. The molecule has 0 aliphatic carbocycles. The summed E-state index contributed by atoms with van der Waals surface area (Å²) >= 11 is 0. The molecule has 8 nitrogen and oxygen atoms in total. The third kappa shape index (κ3) is 3.63. The summed E-state index contributed by atoms with van der Waals surface area (Å²) in [4.78, 5) is 49.7. The number of fused-ring (bicyclic) bond motifs is 3. The van der Waals surface area contributed by atoms with E-state index >= 15 is 0 Å². The number of hydrogen-bond donors (Lipinski definition) is 3. The fourth-order valence-electron chi connectivity index (χ4n) is 3.78. The Morgan fingerprint density at radius 3 is 2.09 bits per heavy atom. The van der Waals surface area contributed by atoms with Gasteiger partial charge in [-0.3, -0.25) is 9.59 Å². The zero-order valence-corrected chi connectivity index (χ0v) is 17.3. The lowest BCUT2D eigenvalue weighted by Crippen LogP contribution is -2.27. The fourth-order valence-corrected chi connectivity index (χ4v) is 3.78. The van der Waals surface area contributed by atoms with Crippen LogP contribution in [0.5, 0.6) is 5.88 Å². The molecule has 0 bridgehead atoms. The third-order valence-corrected chi connectivity index (χ3v) is 5.38. The van der Waals surface area contributed by atoms with Gasteiger partial charge in [-0.05, 0) is 29.8 Å². The smallest absolute Gasteiger partial charge is 0.334 e. The quantitative estimate of drug-likeness (QED) is 0.391. The van der Waals surface area contributed by atoms with Crippen molar-refractivity contribution in [2.24, 2.45) is 0 Å². The maximum Gasteiger partial charge on any atom is 0.334 e. The first kappa shape index (κ1) is 20.2. The Morgan fingerprint density at radius 2 is 1.36 bits per heavy atom. The van der Waals surface area contributed by atoms with E-state index in [9.17, 15) is 19.5 Å². The molecule has 0 radical (unpaired) electrons. The fraction of sp³-hybridized carbons (Fsp3) is 0.0400. The molecule has 2 aromatic heterocycles. The Hall–Kier alpha value is -4.72. The van der Waals surface area contributed by atoms with Crippen LogP contribution >= 0.6 is 0 Å². The summed E-state index contributed by atoms with van der Waals surface area (Å²) in [6, 6.07) is 22.3. The van der Waals surface area contributed by atoms with E-state index in [1.54, 1.807) is 42.5 Å². The van der Waals surface area contributed by atoms with Crippen molar-refractivity contribution in [2.75, 3.05) is 0 Å². The molecule has 2 heterocycles. The molecule has 0 saturated heterocycles. The molecule has 5 rings (SSSR count). The van der Waals surface area contributed by atoms with Crippen LogP contribution in [0.15, 0.2) is 93.2 Å². The highest BCUT2D eigenvalue weighted by atomic mass is 16.3. The van der Waals surface area contributed by atoms with E-state index in [1.807, 2.05) is 30.3 Å². The molecular formula is C25H18N4O4. The number of benzene rings is 3. The van der Waals surface area contributed by atoms with E-state index in [1.165, 1.54) is 6.07 Å². The summed E-state index contributed by atoms with van der Waals surface area (Å²) in [6.07, 6.45) is 0.253. The van der Waals surface area contributed by atoms with Crippen LogP contribution in [-0.2, 0) is 6.42 Å². The molecular weight excluding hydrogens is 420 g/mol. The normalized spacial score (nSPS) is 11.0. The van der Waals surface area contributed by atoms with E-state index < -0.39 is 28.2 Å². The standard InChI is InChI=1S/C25H18N4O4/c30-21-16-10-4-6-12-18(16)27-25(33)29-22(21)28-23(31)20(14-15-8-2-1-3-9-15)26-19-13-7-5-11-17(19)24(29)32/h1-13,26,31H,14H2,(H,27,33). The Labute approximate surface area is 185 Å². The summed E-state index contributed by atoms with van der Waals surface area (Å²) in [5, 5.41) is 11.3. The van der Waals surface area contributed by atoms with Crippen molar-refractivity contribution in [2.45, 2.75) is 6.42 Å². The largest absolute Gasteiger partial charge is 0.492 e. The van der Waals surface area contributed by atoms with Gasteiger partial charge in [-0.2, -0.15) is 4.98 Å². The lowest BCUT2D eigenvalue weighted by Gasteiger charge is -2.03. The third-order valence-electron chi connectivity index (χ3n) is 5.38. The van der Waals surface area contributed by atoms with Crippen molar-refractivity contribution >= 4 is 27.5 Å². The van der Waals surface area contributed by atoms with Crippen LogP contribution in [0, 0.1) is 0 Å². The van der Waals surface area contributed by atoms with Crippen molar-refractivity contribution in [1.82, 2.24) is 19.4 Å². The van der Waals surface area contributed by atoms with Gasteiger partial charge < -0.3 is 15.1 Å². The summed E-state index contributed by atoms with van der Waals surface area (Å²) < 4.78 is 0.671. The zero-order chi connectivity index (χ0) is 22.9. The minimum absolute atomic E-state index is 0.152. The van der Waals surface area contributed by atoms with Crippen molar-refractivity contribution in [3.05, 3.63) is 121 Å². The molecule has 33 heavy (non-hydrogen) atoms. The van der Waals surface area contributed by atoms with Crippen molar-refractivity contribution < 1.29 is 5.11 Å².